The van der Waals surface area contributed by atoms with E-state index in [4.69, 9.17) is 9.15 Å². The van der Waals surface area contributed by atoms with Crippen LogP contribution in [0, 0.1) is 5.92 Å². The molecule has 0 radical (unpaired) electrons. The van der Waals surface area contributed by atoms with Gasteiger partial charge in [-0.3, -0.25) is 4.79 Å². The highest BCUT2D eigenvalue weighted by molar-refractivity contribution is 6.07. The van der Waals surface area contributed by atoms with Crippen molar-refractivity contribution in [1.82, 2.24) is 9.80 Å². The molecule has 0 bridgehead atoms. The molecule has 1 aliphatic carbocycles. The molecule has 1 aliphatic heterocycles. The van der Waals surface area contributed by atoms with Crippen LogP contribution in [0.1, 0.15) is 25.7 Å². The molecule has 2 fully saturated rings. The number of fused-ring (bicyclic) bond motifs is 3. The molecule has 1 aromatic heterocycles. The van der Waals surface area contributed by atoms with E-state index in [1.54, 1.807) is 12.0 Å². The van der Waals surface area contributed by atoms with Crippen LogP contribution < -0.4 is 10.1 Å². The van der Waals surface area contributed by atoms with Crippen molar-refractivity contribution in [3.63, 3.8) is 0 Å². The smallest absolute Gasteiger partial charge is 0.322 e. The number of carbonyl (C=O) groups excluding carboxylic acids is 2. The first-order valence-electron chi connectivity index (χ1n) is 11.0. The van der Waals surface area contributed by atoms with E-state index in [2.05, 4.69) is 5.32 Å². The van der Waals surface area contributed by atoms with Crippen molar-refractivity contribution < 1.29 is 18.7 Å². The van der Waals surface area contributed by atoms with Crippen LogP contribution in [0.25, 0.3) is 21.9 Å². The number of piperazine rings is 1. The fourth-order valence-corrected chi connectivity index (χ4v) is 4.77. The molecule has 0 atom stereocenters. The SMILES string of the molecule is COc1cc2c(cc1NC(=O)N1CCN(C(=O)C3CCCC3)CC1)oc1ccccc12. The zero-order valence-electron chi connectivity index (χ0n) is 17.7. The summed E-state index contributed by atoms with van der Waals surface area (Å²) in [6, 6.07) is 11.3. The van der Waals surface area contributed by atoms with Crippen LogP contribution in [0.2, 0.25) is 0 Å². The maximum absolute atomic E-state index is 12.9. The Bertz CT molecular complexity index is 1120. The molecule has 7 nitrogen and oxygen atoms in total. The van der Waals surface area contributed by atoms with E-state index in [1.165, 1.54) is 0 Å². The lowest BCUT2D eigenvalue weighted by molar-refractivity contribution is -0.136. The van der Waals surface area contributed by atoms with Crippen molar-refractivity contribution in [3.8, 4) is 5.75 Å². The molecule has 0 spiro atoms. The number of carbonyl (C=O) groups is 2. The molecule has 7 heteroatoms. The van der Waals surface area contributed by atoms with Crippen LogP contribution >= 0.6 is 0 Å². The molecule has 1 saturated heterocycles. The zero-order chi connectivity index (χ0) is 21.4. The van der Waals surface area contributed by atoms with E-state index in [0.717, 1.165) is 42.0 Å². The van der Waals surface area contributed by atoms with Crippen LogP contribution in [0.3, 0.4) is 0 Å². The Morgan fingerprint density at radius 1 is 0.968 bits per heavy atom. The molecule has 2 heterocycles. The van der Waals surface area contributed by atoms with Crippen LogP contribution in [0.5, 0.6) is 5.75 Å². The first-order chi connectivity index (χ1) is 15.1. The first-order valence-corrected chi connectivity index (χ1v) is 11.0. The van der Waals surface area contributed by atoms with E-state index < -0.39 is 0 Å². The summed E-state index contributed by atoms with van der Waals surface area (Å²) < 4.78 is 11.5. The van der Waals surface area contributed by atoms with Crippen molar-refractivity contribution in [2.75, 3.05) is 38.6 Å². The lowest BCUT2D eigenvalue weighted by Crippen LogP contribution is -2.52. The third-order valence-corrected chi connectivity index (χ3v) is 6.52. The average Bonchev–Trinajstić information content (AvgIpc) is 3.46. The number of hydrogen-bond donors (Lipinski definition) is 1. The number of rotatable bonds is 3. The Hall–Kier alpha value is -3.22. The van der Waals surface area contributed by atoms with Crippen molar-refractivity contribution in [2.45, 2.75) is 25.7 Å². The molecule has 5 rings (SSSR count). The molecule has 3 aromatic rings. The van der Waals surface area contributed by atoms with Gasteiger partial charge < -0.3 is 24.3 Å². The molecular formula is C24H27N3O4. The highest BCUT2D eigenvalue weighted by Gasteiger charge is 2.30. The van der Waals surface area contributed by atoms with Crippen LogP contribution in [-0.4, -0.2) is 55.0 Å². The fourth-order valence-electron chi connectivity index (χ4n) is 4.77. The highest BCUT2D eigenvalue weighted by atomic mass is 16.5. The van der Waals surface area contributed by atoms with Crippen molar-refractivity contribution in [3.05, 3.63) is 36.4 Å². The minimum atomic E-state index is -0.193. The van der Waals surface area contributed by atoms with E-state index in [1.807, 2.05) is 41.3 Å². The summed E-state index contributed by atoms with van der Waals surface area (Å²) in [7, 11) is 1.59. The van der Waals surface area contributed by atoms with Crippen molar-refractivity contribution in [1.29, 1.82) is 0 Å². The zero-order valence-corrected chi connectivity index (χ0v) is 17.7. The van der Waals surface area contributed by atoms with Gasteiger partial charge in [-0.2, -0.15) is 0 Å². The summed E-state index contributed by atoms with van der Waals surface area (Å²) in [5, 5.41) is 4.92. The maximum Gasteiger partial charge on any atom is 0.322 e. The van der Waals surface area contributed by atoms with Gasteiger partial charge in [-0.15, -0.1) is 0 Å². The number of hydrogen-bond acceptors (Lipinski definition) is 4. The van der Waals surface area contributed by atoms with Gasteiger partial charge in [0.2, 0.25) is 5.91 Å². The Morgan fingerprint density at radius 3 is 2.42 bits per heavy atom. The fraction of sp³-hybridized carbons (Fsp3) is 0.417. The number of para-hydroxylation sites is 1. The number of anilines is 1. The van der Waals surface area contributed by atoms with Gasteiger partial charge in [0.25, 0.3) is 0 Å². The van der Waals surface area contributed by atoms with Gasteiger partial charge in [-0.05, 0) is 25.0 Å². The largest absolute Gasteiger partial charge is 0.495 e. The molecule has 1 N–H and O–H groups in total. The summed E-state index contributed by atoms with van der Waals surface area (Å²) in [4.78, 5) is 29.2. The summed E-state index contributed by atoms with van der Waals surface area (Å²) in [5.74, 6) is 1.03. The van der Waals surface area contributed by atoms with E-state index >= 15 is 0 Å². The maximum atomic E-state index is 12.9. The monoisotopic (exact) mass is 421 g/mol. The number of furan rings is 1. The van der Waals surface area contributed by atoms with Gasteiger partial charge in [0.15, 0.2) is 0 Å². The van der Waals surface area contributed by atoms with Gasteiger partial charge >= 0.3 is 6.03 Å². The third-order valence-electron chi connectivity index (χ3n) is 6.52. The van der Waals surface area contributed by atoms with Crippen LogP contribution in [0.4, 0.5) is 10.5 Å². The normalized spacial score (nSPS) is 17.5. The summed E-state index contributed by atoms with van der Waals surface area (Å²) in [6.45, 7) is 2.23. The molecule has 31 heavy (non-hydrogen) atoms. The van der Waals surface area contributed by atoms with Crippen LogP contribution in [0.15, 0.2) is 40.8 Å². The quantitative estimate of drug-likeness (QED) is 0.678. The minimum absolute atomic E-state index is 0.181. The average molecular weight is 421 g/mol. The van der Waals surface area contributed by atoms with Crippen molar-refractivity contribution >= 4 is 39.6 Å². The number of benzene rings is 2. The van der Waals surface area contributed by atoms with Gasteiger partial charge in [0, 0.05) is 48.9 Å². The van der Waals surface area contributed by atoms with Gasteiger partial charge in [-0.1, -0.05) is 31.0 Å². The predicted octanol–water partition coefficient (Wildman–Crippen LogP) is 4.46. The Labute approximate surface area is 180 Å². The summed E-state index contributed by atoms with van der Waals surface area (Å²) in [6.07, 6.45) is 4.31. The molecule has 2 aliphatic rings. The Morgan fingerprint density at radius 2 is 1.68 bits per heavy atom. The standard InChI is InChI=1S/C24H27N3O4/c1-30-22-14-18-17-8-4-5-9-20(17)31-21(18)15-19(22)25-24(29)27-12-10-26(11-13-27)23(28)16-6-2-3-7-16/h4-5,8-9,14-16H,2-3,6-7,10-13H2,1H3,(H,25,29). The third kappa shape index (κ3) is 3.69. The second-order valence-corrected chi connectivity index (χ2v) is 8.37. The predicted molar refractivity (Wildman–Crippen MR) is 119 cm³/mol. The van der Waals surface area contributed by atoms with Gasteiger partial charge in [0.05, 0.1) is 12.8 Å². The number of methoxy groups -OCH3 is 1. The minimum Gasteiger partial charge on any atom is -0.495 e. The summed E-state index contributed by atoms with van der Waals surface area (Å²) in [5.41, 5.74) is 2.07. The number of ether oxygens (including phenoxy) is 1. The molecule has 162 valence electrons. The first kappa shape index (κ1) is 19.7. The number of nitrogens with one attached hydrogen (secondary N) is 1. The Balaban J connectivity index is 1.29. The highest BCUT2D eigenvalue weighted by Crippen LogP contribution is 2.36. The number of amides is 3. The van der Waals surface area contributed by atoms with E-state index in [-0.39, 0.29) is 17.9 Å². The number of nitrogens with zero attached hydrogens (tertiary/aromatic N) is 2. The van der Waals surface area contributed by atoms with Crippen molar-refractivity contribution in [2.24, 2.45) is 5.92 Å². The topological polar surface area (TPSA) is 75.0 Å². The van der Waals surface area contributed by atoms with E-state index in [9.17, 15) is 9.59 Å². The van der Waals surface area contributed by atoms with Gasteiger partial charge in [-0.25, -0.2) is 4.79 Å². The molecule has 1 saturated carbocycles. The second kappa shape index (κ2) is 8.13. The lowest BCUT2D eigenvalue weighted by Gasteiger charge is -2.36. The Kier molecular flexibility index (Phi) is 5.18. The molecule has 3 amide bonds. The second-order valence-electron chi connectivity index (χ2n) is 8.37. The van der Waals surface area contributed by atoms with Gasteiger partial charge in [0.1, 0.15) is 16.9 Å². The molecule has 2 aromatic carbocycles. The number of urea groups is 1. The molecule has 0 unspecified atom stereocenters. The van der Waals surface area contributed by atoms with Crippen LogP contribution in [-0.2, 0) is 4.79 Å². The molecular weight excluding hydrogens is 394 g/mol. The summed E-state index contributed by atoms with van der Waals surface area (Å²) >= 11 is 0. The lowest BCUT2D eigenvalue weighted by atomic mass is 10.1. The van der Waals surface area contributed by atoms with E-state index in [0.29, 0.717) is 43.2 Å².